The van der Waals surface area contributed by atoms with Gasteiger partial charge in [-0.3, -0.25) is 9.48 Å². The Kier molecular flexibility index (Phi) is 5.60. The molecule has 0 radical (unpaired) electrons. The summed E-state index contributed by atoms with van der Waals surface area (Å²) < 4.78 is 7.78. The quantitative estimate of drug-likeness (QED) is 0.702. The van der Waals surface area contributed by atoms with Gasteiger partial charge in [-0.25, -0.2) is 4.79 Å². The molecular weight excluding hydrogens is 356 g/mol. The van der Waals surface area contributed by atoms with Crippen LogP contribution in [0.2, 0.25) is 0 Å². The van der Waals surface area contributed by atoms with E-state index in [4.69, 9.17) is 4.74 Å². The summed E-state index contributed by atoms with van der Waals surface area (Å²) in [5.74, 6) is 0.0822. The van der Waals surface area contributed by atoms with Crippen LogP contribution in [0, 0.1) is 0 Å². The van der Waals surface area contributed by atoms with Crippen LogP contribution in [0.15, 0.2) is 6.20 Å². The molecule has 154 valence electrons. The minimum atomic E-state index is -0.406. The van der Waals surface area contributed by atoms with E-state index in [0.717, 1.165) is 69.3 Å². The van der Waals surface area contributed by atoms with Gasteiger partial charge in [0.25, 0.3) is 5.91 Å². The third-order valence-electron chi connectivity index (χ3n) is 6.50. The Morgan fingerprint density at radius 2 is 2.00 bits per heavy atom. The lowest BCUT2D eigenvalue weighted by atomic mass is 9.91. The molecule has 2 saturated heterocycles. The molecule has 3 aliphatic heterocycles. The summed E-state index contributed by atoms with van der Waals surface area (Å²) in [5.41, 5.74) is 1.44. The fourth-order valence-corrected chi connectivity index (χ4v) is 4.74. The largest absolute Gasteiger partial charge is 0.441 e. The molecule has 3 aliphatic rings. The van der Waals surface area contributed by atoms with Crippen molar-refractivity contribution in [2.45, 2.75) is 76.9 Å². The van der Waals surface area contributed by atoms with Crippen LogP contribution in [-0.2, 0) is 17.7 Å². The van der Waals surface area contributed by atoms with Gasteiger partial charge in [-0.2, -0.15) is 5.10 Å². The third kappa shape index (κ3) is 3.76. The monoisotopic (exact) mass is 388 g/mol. The Morgan fingerprint density at radius 3 is 2.79 bits per heavy atom. The molecule has 0 unspecified atom stereocenters. The van der Waals surface area contributed by atoms with Crippen molar-refractivity contribution in [2.75, 3.05) is 26.2 Å². The average Bonchev–Trinajstić information content (AvgIpc) is 3.27. The Labute approximate surface area is 167 Å². The minimum Gasteiger partial charge on any atom is -0.441 e. The number of carbonyl (C=O) groups is 2. The summed E-state index contributed by atoms with van der Waals surface area (Å²) >= 11 is 0. The van der Waals surface area contributed by atoms with Gasteiger partial charge in [-0.1, -0.05) is 26.2 Å². The van der Waals surface area contributed by atoms with Gasteiger partial charge in [0.1, 0.15) is 5.60 Å². The molecule has 0 atom stereocenters. The fraction of sp³-hybridized carbons (Fsp3) is 0.762. The lowest BCUT2D eigenvalue weighted by Gasteiger charge is -2.37. The number of fused-ring (bicyclic) bond motifs is 1. The summed E-state index contributed by atoms with van der Waals surface area (Å²) in [6, 6.07) is 0. The SMILES string of the molecule is CCCCCCN1CC2(CCN(C(=O)c3cnn4c3CCCC4)CC2)OC1=O. The Morgan fingerprint density at radius 1 is 1.18 bits per heavy atom. The smallest absolute Gasteiger partial charge is 0.410 e. The predicted octanol–water partition coefficient (Wildman–Crippen LogP) is 3.23. The molecule has 0 N–H and O–H groups in total. The third-order valence-corrected chi connectivity index (χ3v) is 6.50. The summed E-state index contributed by atoms with van der Waals surface area (Å²) in [4.78, 5) is 29.1. The number of carbonyl (C=O) groups excluding carboxylic acids is 2. The van der Waals surface area contributed by atoms with Crippen LogP contribution in [0.4, 0.5) is 4.79 Å². The standard InChI is InChI=1S/C21H32N4O3/c1-2-3-4-6-11-24-16-21(28-20(24)27)9-13-23(14-10-21)19(26)17-15-22-25-12-7-5-8-18(17)25/h15H,2-14,16H2,1H3. The lowest BCUT2D eigenvalue weighted by molar-refractivity contribution is 0.00310. The molecule has 4 rings (SSSR count). The van der Waals surface area contributed by atoms with E-state index in [1.807, 2.05) is 14.5 Å². The number of unbranched alkanes of at least 4 members (excludes halogenated alkanes) is 3. The lowest BCUT2D eigenvalue weighted by Crippen LogP contribution is -2.48. The van der Waals surface area contributed by atoms with Crippen molar-refractivity contribution in [3.05, 3.63) is 17.5 Å². The van der Waals surface area contributed by atoms with Gasteiger partial charge in [0.15, 0.2) is 0 Å². The number of nitrogens with zero attached hydrogens (tertiary/aromatic N) is 4. The summed E-state index contributed by atoms with van der Waals surface area (Å²) in [6.45, 7) is 5.83. The van der Waals surface area contributed by atoms with Crippen LogP contribution in [-0.4, -0.2) is 63.4 Å². The zero-order valence-corrected chi connectivity index (χ0v) is 17.0. The zero-order valence-electron chi connectivity index (χ0n) is 17.0. The van der Waals surface area contributed by atoms with Crippen molar-refractivity contribution in [3.8, 4) is 0 Å². The van der Waals surface area contributed by atoms with E-state index in [-0.39, 0.29) is 12.0 Å². The van der Waals surface area contributed by atoms with Gasteiger partial charge in [0, 0.05) is 39.0 Å². The van der Waals surface area contributed by atoms with Crippen molar-refractivity contribution < 1.29 is 14.3 Å². The first-order chi connectivity index (χ1) is 13.6. The maximum Gasteiger partial charge on any atom is 0.410 e. The van der Waals surface area contributed by atoms with Crippen molar-refractivity contribution >= 4 is 12.0 Å². The second-order valence-corrected chi connectivity index (χ2v) is 8.51. The number of hydrogen-bond donors (Lipinski definition) is 0. The van der Waals surface area contributed by atoms with Crippen LogP contribution in [0.3, 0.4) is 0 Å². The molecule has 4 heterocycles. The van der Waals surface area contributed by atoms with E-state index >= 15 is 0 Å². The maximum absolute atomic E-state index is 13.0. The molecule has 28 heavy (non-hydrogen) atoms. The minimum absolute atomic E-state index is 0.0822. The number of likely N-dealkylation sites (tertiary alicyclic amines) is 1. The first-order valence-corrected chi connectivity index (χ1v) is 10.9. The number of aromatic nitrogens is 2. The molecule has 2 fully saturated rings. The molecule has 0 saturated carbocycles. The Balaban J connectivity index is 1.33. The molecule has 1 spiro atoms. The molecule has 1 aromatic rings. The van der Waals surface area contributed by atoms with Gasteiger partial charge in [-0.05, 0) is 25.7 Å². The first-order valence-electron chi connectivity index (χ1n) is 10.9. The Hall–Kier alpha value is -2.05. The molecule has 7 heteroatoms. The van der Waals surface area contributed by atoms with Crippen LogP contribution < -0.4 is 0 Å². The predicted molar refractivity (Wildman–Crippen MR) is 105 cm³/mol. The van der Waals surface area contributed by atoms with Gasteiger partial charge in [0.05, 0.1) is 24.0 Å². The molecular formula is C21H32N4O3. The first kappa shape index (κ1) is 19.3. The van der Waals surface area contributed by atoms with Crippen molar-refractivity contribution in [1.82, 2.24) is 19.6 Å². The number of rotatable bonds is 6. The van der Waals surface area contributed by atoms with Crippen LogP contribution in [0.1, 0.15) is 74.3 Å². The highest BCUT2D eigenvalue weighted by Gasteiger charge is 2.47. The molecule has 0 bridgehead atoms. The number of aryl methyl sites for hydroxylation is 1. The van der Waals surface area contributed by atoms with E-state index in [2.05, 4.69) is 12.0 Å². The second kappa shape index (κ2) is 8.13. The van der Waals surface area contributed by atoms with E-state index in [0.29, 0.717) is 19.6 Å². The Bertz CT molecular complexity index is 721. The highest BCUT2D eigenvalue weighted by Crippen LogP contribution is 2.34. The van der Waals surface area contributed by atoms with E-state index in [9.17, 15) is 9.59 Å². The van der Waals surface area contributed by atoms with Crippen LogP contribution >= 0.6 is 0 Å². The van der Waals surface area contributed by atoms with Gasteiger partial charge >= 0.3 is 6.09 Å². The number of ether oxygens (including phenoxy) is 1. The highest BCUT2D eigenvalue weighted by molar-refractivity contribution is 5.95. The molecule has 7 nitrogen and oxygen atoms in total. The molecule has 0 aromatic carbocycles. The van der Waals surface area contributed by atoms with Crippen molar-refractivity contribution in [1.29, 1.82) is 0 Å². The normalized spacial score (nSPS) is 21.1. The summed E-state index contributed by atoms with van der Waals surface area (Å²) in [5, 5.41) is 4.40. The molecule has 0 aliphatic carbocycles. The topological polar surface area (TPSA) is 67.7 Å². The number of hydrogen-bond acceptors (Lipinski definition) is 4. The van der Waals surface area contributed by atoms with Crippen molar-refractivity contribution in [2.24, 2.45) is 0 Å². The fourth-order valence-electron chi connectivity index (χ4n) is 4.74. The second-order valence-electron chi connectivity index (χ2n) is 8.51. The maximum atomic E-state index is 13.0. The highest BCUT2D eigenvalue weighted by atomic mass is 16.6. The van der Waals surface area contributed by atoms with Gasteiger partial charge in [-0.15, -0.1) is 0 Å². The van der Waals surface area contributed by atoms with Crippen molar-refractivity contribution in [3.63, 3.8) is 0 Å². The molecule has 1 aromatic heterocycles. The van der Waals surface area contributed by atoms with Crippen LogP contribution in [0.5, 0.6) is 0 Å². The van der Waals surface area contributed by atoms with E-state index in [1.165, 1.54) is 12.8 Å². The summed E-state index contributed by atoms with van der Waals surface area (Å²) in [6.07, 6.45) is 10.8. The summed E-state index contributed by atoms with van der Waals surface area (Å²) in [7, 11) is 0. The van der Waals surface area contributed by atoms with Crippen LogP contribution in [0.25, 0.3) is 0 Å². The molecule has 2 amide bonds. The zero-order chi connectivity index (χ0) is 19.6. The number of amides is 2. The average molecular weight is 389 g/mol. The van der Waals surface area contributed by atoms with Gasteiger partial charge < -0.3 is 14.5 Å². The van der Waals surface area contributed by atoms with E-state index < -0.39 is 5.60 Å². The number of piperidine rings is 1. The van der Waals surface area contributed by atoms with E-state index in [1.54, 1.807) is 6.20 Å². The van der Waals surface area contributed by atoms with Gasteiger partial charge in [0.2, 0.25) is 0 Å².